The van der Waals surface area contributed by atoms with Gasteiger partial charge in [0.25, 0.3) is 5.91 Å². The van der Waals surface area contributed by atoms with Crippen molar-refractivity contribution in [1.82, 2.24) is 24.1 Å². The van der Waals surface area contributed by atoms with Crippen LogP contribution in [0.5, 0.6) is 0 Å². The number of methoxy groups -OCH3 is 1. The number of amides is 1. The quantitative estimate of drug-likeness (QED) is 0.323. The molecule has 0 atom stereocenters. The van der Waals surface area contributed by atoms with Gasteiger partial charge in [-0.3, -0.25) is 4.79 Å². The van der Waals surface area contributed by atoms with E-state index >= 15 is 0 Å². The molecule has 4 aromatic rings. The van der Waals surface area contributed by atoms with E-state index in [4.69, 9.17) is 14.8 Å². The summed E-state index contributed by atoms with van der Waals surface area (Å²) in [4.78, 5) is 31.8. The number of carbonyl (C=O) groups is 2. The van der Waals surface area contributed by atoms with Gasteiger partial charge >= 0.3 is 5.97 Å². The topological polar surface area (TPSA) is 81.7 Å². The Morgan fingerprint density at radius 3 is 2.32 bits per heavy atom. The zero-order chi connectivity index (χ0) is 27.3. The van der Waals surface area contributed by atoms with E-state index in [1.54, 1.807) is 25.0 Å². The molecular weight excluding hydrogens is 466 g/mol. The van der Waals surface area contributed by atoms with E-state index in [2.05, 4.69) is 53.7 Å². The number of carbonyl (C=O) groups excluding carboxylic acids is 2. The highest BCUT2D eigenvalue weighted by molar-refractivity contribution is 6.03. The first-order chi connectivity index (χ1) is 17.3. The number of pyridine rings is 1. The van der Waals surface area contributed by atoms with Crippen LogP contribution in [0.25, 0.3) is 22.2 Å². The Hall–Kier alpha value is -3.68. The number of ether oxygens (including phenoxy) is 1. The van der Waals surface area contributed by atoms with Crippen molar-refractivity contribution in [1.29, 1.82) is 0 Å². The molecule has 0 saturated carbocycles. The molecule has 1 amide bonds. The predicted molar refractivity (Wildman–Crippen MR) is 146 cm³/mol. The van der Waals surface area contributed by atoms with Gasteiger partial charge in [-0.15, -0.1) is 0 Å². The standard InChI is InChI=1S/C29H37N5O3/c1-10-13-29(5,6)19-15-23(25-30-21(17-33(25)16-19)26(35)32(7)8)34-22-14-18(28(2,3)4)11-12-20(22)24(31-34)27(36)37-9/h11-12,14-17H,10,13H2,1-9H3. The van der Waals surface area contributed by atoms with Gasteiger partial charge in [0.2, 0.25) is 0 Å². The third-order valence-corrected chi connectivity index (χ3v) is 6.97. The van der Waals surface area contributed by atoms with E-state index < -0.39 is 5.97 Å². The lowest BCUT2D eigenvalue weighted by atomic mass is 9.81. The van der Waals surface area contributed by atoms with Gasteiger partial charge in [0.05, 0.1) is 12.6 Å². The van der Waals surface area contributed by atoms with Crippen LogP contribution in [0.3, 0.4) is 0 Å². The molecular formula is C29H37N5O3. The average molecular weight is 504 g/mol. The average Bonchev–Trinajstić information content (AvgIpc) is 3.43. The van der Waals surface area contributed by atoms with Gasteiger partial charge in [-0.05, 0) is 46.6 Å². The van der Waals surface area contributed by atoms with Gasteiger partial charge in [0.1, 0.15) is 11.4 Å². The second-order valence-electron chi connectivity index (χ2n) is 11.5. The highest BCUT2D eigenvalue weighted by Gasteiger charge is 2.27. The van der Waals surface area contributed by atoms with Gasteiger partial charge in [-0.25, -0.2) is 14.5 Å². The van der Waals surface area contributed by atoms with Crippen molar-refractivity contribution >= 4 is 28.4 Å². The highest BCUT2D eigenvalue weighted by Crippen LogP contribution is 2.34. The fourth-order valence-corrected chi connectivity index (χ4v) is 4.72. The van der Waals surface area contributed by atoms with Crippen molar-refractivity contribution < 1.29 is 14.3 Å². The molecule has 0 radical (unpaired) electrons. The zero-order valence-electron chi connectivity index (χ0n) is 23.3. The molecule has 0 unspecified atom stereocenters. The third-order valence-electron chi connectivity index (χ3n) is 6.97. The van der Waals surface area contributed by atoms with E-state index in [1.807, 2.05) is 22.7 Å². The summed E-state index contributed by atoms with van der Waals surface area (Å²) >= 11 is 0. The minimum absolute atomic E-state index is 0.104. The van der Waals surface area contributed by atoms with Crippen LogP contribution in [0.1, 0.15) is 86.5 Å². The second kappa shape index (κ2) is 9.32. The van der Waals surface area contributed by atoms with Crippen LogP contribution in [-0.2, 0) is 15.6 Å². The maximum atomic E-state index is 12.8. The van der Waals surface area contributed by atoms with Gasteiger partial charge in [0, 0.05) is 31.9 Å². The van der Waals surface area contributed by atoms with Crippen molar-refractivity contribution in [2.45, 2.75) is 65.2 Å². The molecule has 0 fully saturated rings. The third kappa shape index (κ3) is 4.72. The Balaban J connectivity index is 2.11. The number of nitrogens with zero attached hydrogens (tertiary/aromatic N) is 5. The summed E-state index contributed by atoms with van der Waals surface area (Å²) in [5.74, 6) is -0.683. The second-order valence-corrected chi connectivity index (χ2v) is 11.5. The van der Waals surface area contributed by atoms with Crippen LogP contribution in [-0.4, -0.2) is 57.1 Å². The fourth-order valence-electron chi connectivity index (χ4n) is 4.72. The highest BCUT2D eigenvalue weighted by atomic mass is 16.5. The summed E-state index contributed by atoms with van der Waals surface area (Å²) in [7, 11) is 4.78. The lowest BCUT2D eigenvalue weighted by molar-refractivity contribution is 0.0595. The predicted octanol–water partition coefficient (Wildman–Crippen LogP) is 5.54. The molecule has 0 aliphatic heterocycles. The van der Waals surface area contributed by atoms with Gasteiger partial charge in [-0.2, -0.15) is 5.10 Å². The molecule has 0 spiro atoms. The number of esters is 1. The van der Waals surface area contributed by atoms with E-state index in [9.17, 15) is 9.59 Å². The number of hydrogen-bond acceptors (Lipinski definition) is 5. The monoisotopic (exact) mass is 503 g/mol. The number of fused-ring (bicyclic) bond motifs is 2. The van der Waals surface area contributed by atoms with Crippen LogP contribution >= 0.6 is 0 Å². The SMILES string of the molecule is CCCC(C)(C)c1cc(-n2nc(C(=O)OC)c3ccc(C(C)(C)C)cc32)c2nc(C(=O)N(C)C)cn2c1. The van der Waals surface area contributed by atoms with Crippen molar-refractivity contribution in [3.63, 3.8) is 0 Å². The molecule has 8 nitrogen and oxygen atoms in total. The number of benzene rings is 1. The summed E-state index contributed by atoms with van der Waals surface area (Å²) < 4.78 is 8.74. The number of imidazole rings is 1. The van der Waals surface area contributed by atoms with Crippen LogP contribution < -0.4 is 0 Å². The molecule has 3 aromatic heterocycles. The Bertz CT molecular complexity index is 1500. The number of aromatic nitrogens is 4. The molecule has 0 N–H and O–H groups in total. The van der Waals surface area contributed by atoms with E-state index in [-0.39, 0.29) is 22.4 Å². The Morgan fingerprint density at radius 1 is 1.03 bits per heavy atom. The van der Waals surface area contributed by atoms with E-state index in [0.717, 1.165) is 29.5 Å². The van der Waals surface area contributed by atoms with Crippen LogP contribution in [0.15, 0.2) is 36.7 Å². The Morgan fingerprint density at radius 2 is 1.73 bits per heavy atom. The molecule has 37 heavy (non-hydrogen) atoms. The van der Waals surface area contributed by atoms with Gasteiger partial charge in [-0.1, -0.05) is 54.0 Å². The molecule has 4 rings (SSSR count). The minimum Gasteiger partial charge on any atom is -0.464 e. The molecule has 3 heterocycles. The lowest BCUT2D eigenvalue weighted by Crippen LogP contribution is -2.21. The molecule has 8 heteroatoms. The normalized spacial score (nSPS) is 12.4. The number of hydrogen-bond donors (Lipinski definition) is 0. The smallest absolute Gasteiger partial charge is 0.359 e. The zero-order valence-corrected chi connectivity index (χ0v) is 23.3. The first-order valence-electron chi connectivity index (χ1n) is 12.7. The number of rotatable bonds is 6. The molecule has 0 aliphatic rings. The molecule has 196 valence electrons. The lowest BCUT2D eigenvalue weighted by Gasteiger charge is -2.25. The van der Waals surface area contributed by atoms with E-state index in [0.29, 0.717) is 22.4 Å². The van der Waals surface area contributed by atoms with Crippen LogP contribution in [0.4, 0.5) is 0 Å². The minimum atomic E-state index is -0.502. The first kappa shape index (κ1) is 26.4. The Labute approximate surface area is 218 Å². The van der Waals surface area contributed by atoms with Crippen molar-refractivity contribution in [2.24, 2.45) is 0 Å². The first-order valence-corrected chi connectivity index (χ1v) is 12.7. The van der Waals surface area contributed by atoms with Gasteiger partial charge in [0.15, 0.2) is 11.3 Å². The van der Waals surface area contributed by atoms with Crippen molar-refractivity contribution in [2.75, 3.05) is 21.2 Å². The molecule has 0 aliphatic carbocycles. The summed E-state index contributed by atoms with van der Waals surface area (Å²) in [5.41, 5.74) is 4.63. The van der Waals surface area contributed by atoms with Crippen molar-refractivity contribution in [3.05, 3.63) is 59.2 Å². The maximum absolute atomic E-state index is 12.8. The fraction of sp³-hybridized carbons (Fsp3) is 0.448. The maximum Gasteiger partial charge on any atom is 0.359 e. The molecule has 0 bridgehead atoms. The largest absolute Gasteiger partial charge is 0.464 e. The Kier molecular flexibility index (Phi) is 6.65. The molecule has 1 aromatic carbocycles. The van der Waals surface area contributed by atoms with Crippen molar-refractivity contribution in [3.8, 4) is 5.69 Å². The van der Waals surface area contributed by atoms with Crippen LogP contribution in [0, 0.1) is 0 Å². The summed E-state index contributed by atoms with van der Waals surface area (Å²) in [6, 6.07) is 8.12. The summed E-state index contributed by atoms with van der Waals surface area (Å²) in [6.07, 6.45) is 5.82. The summed E-state index contributed by atoms with van der Waals surface area (Å²) in [5, 5.41) is 5.46. The molecule has 0 saturated heterocycles. The van der Waals surface area contributed by atoms with Crippen LogP contribution in [0.2, 0.25) is 0 Å². The summed E-state index contributed by atoms with van der Waals surface area (Å²) in [6.45, 7) is 13.0. The van der Waals surface area contributed by atoms with Gasteiger partial charge < -0.3 is 14.0 Å². The van der Waals surface area contributed by atoms with E-state index in [1.165, 1.54) is 12.0 Å².